The van der Waals surface area contributed by atoms with Gasteiger partial charge in [-0.05, 0) is 130 Å². The molecule has 0 aliphatic rings. The minimum Gasteiger partial charge on any atom is -0.309 e. The van der Waals surface area contributed by atoms with E-state index in [9.17, 15) is 10.5 Å². The molecule has 3 aromatic heterocycles. The van der Waals surface area contributed by atoms with Crippen LogP contribution in [0.25, 0.3) is 100 Å². The van der Waals surface area contributed by atoms with Gasteiger partial charge in [-0.2, -0.15) is 10.5 Å². The third-order valence-corrected chi connectivity index (χ3v) is 12.2. The van der Waals surface area contributed by atoms with E-state index in [2.05, 4.69) is 140 Å². The van der Waals surface area contributed by atoms with Crippen molar-refractivity contribution in [1.82, 2.24) is 24.1 Å². The van der Waals surface area contributed by atoms with Gasteiger partial charge in [-0.1, -0.05) is 95.1 Å². The quantitative estimate of drug-likeness (QED) is 0.166. The van der Waals surface area contributed by atoms with E-state index in [1.165, 1.54) is 22.3 Å². The highest BCUT2D eigenvalue weighted by Crippen LogP contribution is 2.41. The number of aromatic nitrogens is 5. The molecule has 0 N–H and O–H groups in total. The lowest BCUT2D eigenvalue weighted by Gasteiger charge is -2.18. The summed E-state index contributed by atoms with van der Waals surface area (Å²) < 4.78 is 4.55. The molecular formula is C57H39N7. The van der Waals surface area contributed by atoms with Gasteiger partial charge in [0.25, 0.3) is 0 Å². The maximum Gasteiger partial charge on any atom is 0.166 e. The fourth-order valence-corrected chi connectivity index (χ4v) is 9.19. The molecule has 11 aromatic rings. The summed E-state index contributed by atoms with van der Waals surface area (Å²) in [4.78, 5) is 16.0. The van der Waals surface area contributed by atoms with Crippen molar-refractivity contribution >= 4 is 43.6 Å². The SMILES string of the molecule is Cc1ccc2c(c1)c1cc(C)ccc1n2-c1ccc(-c2cccc(C#N)c2)cc1-c1nc(-c2ccccc2)nc(-c2ccc(C#N)cc2-n2c3ccc(C)cc3c3cc(C)ccc32)n1. The van der Waals surface area contributed by atoms with Crippen LogP contribution in [0.4, 0.5) is 0 Å². The predicted octanol–water partition coefficient (Wildman–Crippen LogP) is 13.7. The molecule has 3 heterocycles. The molecular weight excluding hydrogens is 783 g/mol. The number of aryl methyl sites for hydroxylation is 4. The Bertz CT molecular complexity index is 3680. The van der Waals surface area contributed by atoms with Crippen LogP contribution in [0.5, 0.6) is 0 Å². The van der Waals surface area contributed by atoms with Crippen LogP contribution in [0.1, 0.15) is 33.4 Å². The summed E-state index contributed by atoms with van der Waals surface area (Å²) in [7, 11) is 0. The Morgan fingerprint density at radius 1 is 0.359 bits per heavy atom. The smallest absolute Gasteiger partial charge is 0.166 e. The van der Waals surface area contributed by atoms with Crippen LogP contribution in [0.3, 0.4) is 0 Å². The number of hydrogen-bond donors (Lipinski definition) is 0. The van der Waals surface area contributed by atoms with E-state index in [4.69, 9.17) is 15.0 Å². The molecule has 0 atom stereocenters. The molecule has 0 bridgehead atoms. The van der Waals surface area contributed by atoms with Crippen molar-refractivity contribution in [3.8, 4) is 68.8 Å². The zero-order valence-electron chi connectivity index (χ0n) is 35.7. The van der Waals surface area contributed by atoms with Crippen LogP contribution in [0.2, 0.25) is 0 Å². The van der Waals surface area contributed by atoms with Gasteiger partial charge in [-0.3, -0.25) is 0 Å². The summed E-state index contributed by atoms with van der Waals surface area (Å²) in [5, 5.41) is 24.8. The molecule has 302 valence electrons. The standard InChI is InChI=1S/C57H39N7/c1-34-13-20-49-44(25-34)45-26-35(2)14-21-50(45)63(49)53-24-18-42(41-12-8-9-38(29-41)32-58)31-48(53)57-61-55(40-10-6-5-7-11-40)60-56(62-57)43-19-17-39(33-59)30-54(43)64-51-22-15-36(3)27-46(51)47-28-37(4)16-23-52(47)64/h5-31H,1-4H3. The molecule has 0 saturated carbocycles. The molecule has 0 aliphatic carbocycles. The van der Waals surface area contributed by atoms with Gasteiger partial charge in [0.05, 0.1) is 56.7 Å². The molecule has 11 rings (SSSR count). The molecule has 0 fully saturated rings. The van der Waals surface area contributed by atoms with Crippen LogP contribution < -0.4 is 0 Å². The molecule has 0 radical (unpaired) electrons. The summed E-state index contributed by atoms with van der Waals surface area (Å²) in [6, 6.07) is 60.8. The van der Waals surface area contributed by atoms with E-state index in [0.29, 0.717) is 28.6 Å². The highest BCUT2D eigenvalue weighted by molar-refractivity contribution is 6.11. The van der Waals surface area contributed by atoms with Gasteiger partial charge in [0.2, 0.25) is 0 Å². The van der Waals surface area contributed by atoms with Crippen molar-refractivity contribution in [2.45, 2.75) is 27.7 Å². The van der Waals surface area contributed by atoms with E-state index in [-0.39, 0.29) is 0 Å². The van der Waals surface area contributed by atoms with Crippen molar-refractivity contribution in [2.24, 2.45) is 0 Å². The minimum absolute atomic E-state index is 0.467. The Hall–Kier alpha value is -8.65. The summed E-state index contributed by atoms with van der Waals surface area (Å²) >= 11 is 0. The summed E-state index contributed by atoms with van der Waals surface area (Å²) in [5.41, 5.74) is 15.9. The predicted molar refractivity (Wildman–Crippen MR) is 259 cm³/mol. The molecule has 0 spiro atoms. The topological polar surface area (TPSA) is 96.1 Å². The summed E-state index contributed by atoms with van der Waals surface area (Å²) in [6.45, 7) is 8.49. The lowest BCUT2D eigenvalue weighted by Crippen LogP contribution is -2.06. The van der Waals surface area contributed by atoms with Gasteiger partial charge < -0.3 is 9.13 Å². The normalized spacial score (nSPS) is 11.4. The lowest BCUT2D eigenvalue weighted by molar-refractivity contribution is 1.06. The Balaban J connectivity index is 1.24. The number of benzene rings is 8. The highest BCUT2D eigenvalue weighted by Gasteiger charge is 2.23. The number of hydrogen-bond acceptors (Lipinski definition) is 5. The second kappa shape index (κ2) is 15.1. The second-order valence-corrected chi connectivity index (χ2v) is 16.7. The Morgan fingerprint density at radius 2 is 0.828 bits per heavy atom. The average Bonchev–Trinajstić information content (AvgIpc) is 3.81. The van der Waals surface area contributed by atoms with E-state index in [1.807, 2.05) is 72.8 Å². The number of nitriles is 2. The number of rotatable bonds is 6. The third-order valence-electron chi connectivity index (χ3n) is 12.2. The van der Waals surface area contributed by atoms with Crippen molar-refractivity contribution in [2.75, 3.05) is 0 Å². The average molecular weight is 822 g/mol. The molecule has 0 amide bonds. The van der Waals surface area contributed by atoms with Crippen LogP contribution in [-0.4, -0.2) is 24.1 Å². The minimum atomic E-state index is 0.467. The maximum absolute atomic E-state index is 10.3. The summed E-state index contributed by atoms with van der Waals surface area (Å²) in [5.74, 6) is 1.46. The maximum atomic E-state index is 10.3. The molecule has 0 aliphatic heterocycles. The van der Waals surface area contributed by atoms with Crippen molar-refractivity contribution in [3.05, 3.63) is 197 Å². The lowest BCUT2D eigenvalue weighted by atomic mass is 9.99. The van der Waals surface area contributed by atoms with Gasteiger partial charge >= 0.3 is 0 Å². The molecule has 0 saturated heterocycles. The molecule has 0 unspecified atom stereocenters. The fourth-order valence-electron chi connectivity index (χ4n) is 9.19. The van der Waals surface area contributed by atoms with Gasteiger partial charge in [0.15, 0.2) is 17.5 Å². The van der Waals surface area contributed by atoms with Gasteiger partial charge in [-0.15, -0.1) is 0 Å². The molecule has 7 heteroatoms. The first kappa shape index (κ1) is 38.3. The van der Waals surface area contributed by atoms with Gasteiger partial charge in [-0.25, -0.2) is 15.0 Å². The van der Waals surface area contributed by atoms with Gasteiger partial charge in [0.1, 0.15) is 0 Å². The van der Waals surface area contributed by atoms with Crippen LogP contribution >= 0.6 is 0 Å². The number of nitrogens with zero attached hydrogens (tertiary/aromatic N) is 7. The van der Waals surface area contributed by atoms with E-state index in [0.717, 1.165) is 82.8 Å². The monoisotopic (exact) mass is 821 g/mol. The first-order valence-corrected chi connectivity index (χ1v) is 21.3. The van der Waals surface area contributed by atoms with Crippen LogP contribution in [0, 0.1) is 50.4 Å². The van der Waals surface area contributed by atoms with E-state index < -0.39 is 0 Å². The Labute approximate surface area is 370 Å². The first-order valence-electron chi connectivity index (χ1n) is 21.3. The molecule has 8 aromatic carbocycles. The molecule has 7 nitrogen and oxygen atoms in total. The highest BCUT2D eigenvalue weighted by atomic mass is 15.1. The second-order valence-electron chi connectivity index (χ2n) is 16.7. The van der Waals surface area contributed by atoms with Crippen molar-refractivity contribution < 1.29 is 0 Å². The Morgan fingerprint density at radius 3 is 1.38 bits per heavy atom. The molecule has 64 heavy (non-hydrogen) atoms. The Kier molecular flexibility index (Phi) is 9.01. The van der Waals surface area contributed by atoms with Crippen LogP contribution in [-0.2, 0) is 0 Å². The van der Waals surface area contributed by atoms with E-state index >= 15 is 0 Å². The first-order chi connectivity index (χ1) is 31.2. The fraction of sp³-hybridized carbons (Fsp3) is 0.0702. The number of fused-ring (bicyclic) bond motifs is 6. The van der Waals surface area contributed by atoms with E-state index in [1.54, 1.807) is 0 Å². The van der Waals surface area contributed by atoms with Crippen molar-refractivity contribution in [1.29, 1.82) is 10.5 Å². The third kappa shape index (κ3) is 6.38. The zero-order chi connectivity index (χ0) is 43.6. The van der Waals surface area contributed by atoms with Crippen molar-refractivity contribution in [3.63, 3.8) is 0 Å². The van der Waals surface area contributed by atoms with Crippen LogP contribution in [0.15, 0.2) is 164 Å². The zero-order valence-corrected chi connectivity index (χ0v) is 35.7. The van der Waals surface area contributed by atoms with Gasteiger partial charge in [0, 0.05) is 38.2 Å². The summed E-state index contributed by atoms with van der Waals surface area (Å²) in [6.07, 6.45) is 0. The largest absolute Gasteiger partial charge is 0.309 e.